The molecule has 0 amide bonds. The first kappa shape index (κ1) is 13.8. The Morgan fingerprint density at radius 1 is 1.05 bits per heavy atom. The second-order valence-corrected chi connectivity index (χ2v) is 5.16. The highest BCUT2D eigenvalue weighted by molar-refractivity contribution is 5.44. The topological polar surface area (TPSA) is 50.7 Å². The van der Waals surface area contributed by atoms with Gasteiger partial charge in [0.25, 0.3) is 0 Å². The van der Waals surface area contributed by atoms with Crippen LogP contribution in [0.1, 0.15) is 16.7 Å². The first-order valence-electron chi connectivity index (χ1n) is 7.11. The highest BCUT2D eigenvalue weighted by Crippen LogP contribution is 2.30. The average molecular weight is 285 g/mol. The number of phenols is 1. The van der Waals surface area contributed by atoms with Crippen molar-refractivity contribution in [2.45, 2.75) is 20.0 Å². The molecule has 0 saturated heterocycles. The van der Waals surface area contributed by atoms with E-state index in [2.05, 4.69) is 5.32 Å². The summed E-state index contributed by atoms with van der Waals surface area (Å²) >= 11 is 0. The van der Waals surface area contributed by atoms with E-state index >= 15 is 0 Å². The zero-order chi connectivity index (χ0) is 14.7. The molecule has 4 nitrogen and oxygen atoms in total. The minimum atomic E-state index is 0.368. The van der Waals surface area contributed by atoms with E-state index in [0.29, 0.717) is 32.1 Å². The molecule has 1 aliphatic rings. The normalized spacial score (nSPS) is 13.2. The van der Waals surface area contributed by atoms with Gasteiger partial charge in [0.2, 0.25) is 0 Å². The number of rotatable bonds is 4. The lowest BCUT2D eigenvalue weighted by Crippen LogP contribution is -2.16. The molecule has 4 heteroatoms. The van der Waals surface area contributed by atoms with Crippen molar-refractivity contribution in [1.82, 2.24) is 5.32 Å². The van der Waals surface area contributed by atoms with E-state index < -0.39 is 0 Å². The molecule has 1 aliphatic heterocycles. The van der Waals surface area contributed by atoms with E-state index in [0.717, 1.165) is 28.2 Å². The van der Waals surface area contributed by atoms with Crippen molar-refractivity contribution in [2.24, 2.45) is 0 Å². The monoisotopic (exact) mass is 285 g/mol. The number of nitrogens with one attached hydrogen (secondary N) is 1. The molecule has 2 aromatic rings. The van der Waals surface area contributed by atoms with Gasteiger partial charge in [0.05, 0.1) is 0 Å². The highest BCUT2D eigenvalue weighted by atomic mass is 16.6. The van der Waals surface area contributed by atoms with Crippen molar-refractivity contribution in [3.05, 3.63) is 53.1 Å². The van der Waals surface area contributed by atoms with Gasteiger partial charge < -0.3 is 19.9 Å². The molecular formula is C17H19NO3. The molecule has 0 spiro atoms. The van der Waals surface area contributed by atoms with Gasteiger partial charge in [-0.3, -0.25) is 0 Å². The van der Waals surface area contributed by atoms with Crippen molar-refractivity contribution in [3.63, 3.8) is 0 Å². The third-order valence-electron chi connectivity index (χ3n) is 3.57. The SMILES string of the molecule is Cc1cccc(CNCc2ccc3c(c2)OCCO3)c1O. The zero-order valence-electron chi connectivity index (χ0n) is 12.1. The predicted octanol–water partition coefficient (Wildman–Crippen LogP) is 2.76. The number of benzene rings is 2. The van der Waals surface area contributed by atoms with Gasteiger partial charge in [-0.1, -0.05) is 24.3 Å². The molecular weight excluding hydrogens is 266 g/mol. The summed E-state index contributed by atoms with van der Waals surface area (Å²) in [5.41, 5.74) is 2.94. The molecule has 0 aliphatic carbocycles. The summed E-state index contributed by atoms with van der Waals surface area (Å²) in [7, 11) is 0. The van der Waals surface area contributed by atoms with E-state index in [4.69, 9.17) is 9.47 Å². The van der Waals surface area contributed by atoms with Crippen molar-refractivity contribution in [3.8, 4) is 17.2 Å². The summed E-state index contributed by atoms with van der Waals surface area (Å²) in [4.78, 5) is 0. The van der Waals surface area contributed by atoms with Crippen LogP contribution < -0.4 is 14.8 Å². The molecule has 110 valence electrons. The number of hydrogen-bond donors (Lipinski definition) is 2. The summed E-state index contributed by atoms with van der Waals surface area (Å²) in [5, 5.41) is 13.3. The molecule has 1 heterocycles. The number of ether oxygens (including phenoxy) is 2. The first-order chi connectivity index (χ1) is 10.2. The Balaban J connectivity index is 1.61. The van der Waals surface area contributed by atoms with Crippen LogP contribution >= 0.6 is 0 Å². The summed E-state index contributed by atoms with van der Waals surface area (Å²) in [6.07, 6.45) is 0. The number of fused-ring (bicyclic) bond motifs is 1. The third kappa shape index (κ3) is 3.11. The van der Waals surface area contributed by atoms with Gasteiger partial charge in [-0.25, -0.2) is 0 Å². The summed E-state index contributed by atoms with van der Waals surface area (Å²) < 4.78 is 11.1. The number of hydrogen-bond acceptors (Lipinski definition) is 4. The van der Waals surface area contributed by atoms with Crippen LogP contribution in [0.15, 0.2) is 36.4 Å². The van der Waals surface area contributed by atoms with Crippen molar-refractivity contribution in [1.29, 1.82) is 0 Å². The minimum absolute atomic E-state index is 0.368. The molecule has 0 atom stereocenters. The molecule has 0 aromatic heterocycles. The molecule has 0 bridgehead atoms. The standard InChI is InChI=1S/C17H19NO3/c1-12-3-2-4-14(17(12)19)11-18-10-13-5-6-15-16(9-13)21-8-7-20-15/h2-6,9,18-19H,7-8,10-11H2,1H3. The van der Waals surface area contributed by atoms with Crippen LogP contribution in [0.25, 0.3) is 0 Å². The lowest BCUT2D eigenvalue weighted by atomic mass is 10.1. The van der Waals surface area contributed by atoms with E-state index in [1.165, 1.54) is 0 Å². The molecule has 2 aromatic carbocycles. The molecule has 3 rings (SSSR count). The average Bonchev–Trinajstić information content (AvgIpc) is 2.51. The fourth-order valence-corrected chi connectivity index (χ4v) is 2.40. The summed E-state index contributed by atoms with van der Waals surface area (Å²) in [6, 6.07) is 11.7. The van der Waals surface area contributed by atoms with Gasteiger partial charge >= 0.3 is 0 Å². The number of para-hydroxylation sites is 1. The van der Waals surface area contributed by atoms with Crippen LogP contribution in [0.5, 0.6) is 17.2 Å². The Morgan fingerprint density at radius 3 is 2.71 bits per heavy atom. The maximum Gasteiger partial charge on any atom is 0.161 e. The van der Waals surface area contributed by atoms with Crippen molar-refractivity contribution in [2.75, 3.05) is 13.2 Å². The van der Waals surface area contributed by atoms with Crippen molar-refractivity contribution >= 4 is 0 Å². The van der Waals surface area contributed by atoms with Crippen molar-refractivity contribution < 1.29 is 14.6 Å². The molecule has 0 fully saturated rings. The Morgan fingerprint density at radius 2 is 1.86 bits per heavy atom. The fourth-order valence-electron chi connectivity index (χ4n) is 2.40. The lowest BCUT2D eigenvalue weighted by Gasteiger charge is -2.19. The molecule has 0 unspecified atom stereocenters. The summed E-state index contributed by atoms with van der Waals surface area (Å²) in [5.74, 6) is 1.98. The van der Waals surface area contributed by atoms with Crippen LogP contribution in [0, 0.1) is 6.92 Å². The Labute approximate surface area is 124 Å². The zero-order valence-corrected chi connectivity index (χ0v) is 12.1. The smallest absolute Gasteiger partial charge is 0.161 e. The van der Waals surface area contributed by atoms with E-state index in [1.807, 2.05) is 43.3 Å². The second kappa shape index (κ2) is 6.06. The van der Waals surface area contributed by atoms with Crippen LogP contribution in [0.2, 0.25) is 0 Å². The Kier molecular flexibility index (Phi) is 3.97. The molecule has 0 saturated carbocycles. The number of aromatic hydroxyl groups is 1. The van der Waals surface area contributed by atoms with Crippen LogP contribution in [-0.2, 0) is 13.1 Å². The van der Waals surface area contributed by atoms with E-state index in [-0.39, 0.29) is 0 Å². The first-order valence-corrected chi connectivity index (χ1v) is 7.11. The van der Waals surface area contributed by atoms with E-state index in [1.54, 1.807) is 0 Å². The van der Waals surface area contributed by atoms with Crippen LogP contribution in [0.3, 0.4) is 0 Å². The van der Waals surface area contributed by atoms with Gasteiger partial charge in [0.15, 0.2) is 11.5 Å². The largest absolute Gasteiger partial charge is 0.507 e. The summed E-state index contributed by atoms with van der Waals surface area (Å²) in [6.45, 7) is 4.45. The fraction of sp³-hybridized carbons (Fsp3) is 0.294. The minimum Gasteiger partial charge on any atom is -0.507 e. The van der Waals surface area contributed by atoms with Crippen LogP contribution in [0.4, 0.5) is 0 Å². The van der Waals surface area contributed by atoms with E-state index in [9.17, 15) is 5.11 Å². The van der Waals surface area contributed by atoms with Gasteiger partial charge in [0.1, 0.15) is 19.0 Å². The maximum atomic E-state index is 9.98. The quantitative estimate of drug-likeness (QED) is 0.907. The third-order valence-corrected chi connectivity index (χ3v) is 3.57. The lowest BCUT2D eigenvalue weighted by molar-refractivity contribution is 0.171. The maximum absolute atomic E-state index is 9.98. The molecule has 21 heavy (non-hydrogen) atoms. The Bertz CT molecular complexity index is 640. The molecule has 2 N–H and O–H groups in total. The van der Waals surface area contributed by atoms with Gasteiger partial charge in [-0.05, 0) is 30.2 Å². The second-order valence-electron chi connectivity index (χ2n) is 5.16. The number of phenolic OH excluding ortho intramolecular Hbond substituents is 1. The highest BCUT2D eigenvalue weighted by Gasteiger charge is 2.11. The molecule has 0 radical (unpaired) electrons. The van der Waals surface area contributed by atoms with Crippen LogP contribution in [-0.4, -0.2) is 18.3 Å². The van der Waals surface area contributed by atoms with Gasteiger partial charge in [-0.2, -0.15) is 0 Å². The number of aryl methyl sites for hydroxylation is 1. The van der Waals surface area contributed by atoms with Gasteiger partial charge in [0, 0.05) is 18.7 Å². The Hall–Kier alpha value is -2.20. The van der Waals surface area contributed by atoms with Gasteiger partial charge in [-0.15, -0.1) is 0 Å². The predicted molar refractivity (Wildman–Crippen MR) is 80.8 cm³/mol.